The van der Waals surface area contributed by atoms with Gasteiger partial charge in [0.25, 0.3) is 0 Å². The first-order valence-corrected chi connectivity index (χ1v) is 9.82. The number of rotatable bonds is 3. The molecule has 0 unspecified atom stereocenters. The molecule has 0 fully saturated rings. The predicted octanol–water partition coefficient (Wildman–Crippen LogP) is 5.38. The molecule has 0 bridgehead atoms. The van der Waals surface area contributed by atoms with Gasteiger partial charge in [0.15, 0.2) is 0 Å². The van der Waals surface area contributed by atoms with Gasteiger partial charge >= 0.3 is 0 Å². The van der Waals surface area contributed by atoms with Gasteiger partial charge < -0.3 is 4.98 Å². The Bertz CT molecular complexity index is 1220. The maximum atomic E-state index is 4.87. The average Bonchev–Trinajstić information content (AvgIpc) is 3.16. The second-order valence-electron chi connectivity index (χ2n) is 6.76. The molecule has 1 N–H and O–H groups in total. The topological polar surface area (TPSA) is 45.4 Å². The molecule has 0 saturated heterocycles. The fourth-order valence-electron chi connectivity index (χ4n) is 3.14. The number of para-hydroxylation sites is 1. The summed E-state index contributed by atoms with van der Waals surface area (Å²) in [6.07, 6.45) is 1.93. The van der Waals surface area contributed by atoms with Crippen molar-refractivity contribution in [2.45, 2.75) is 27.7 Å². The number of aryl methyl sites for hydroxylation is 3. The molecule has 0 aliphatic heterocycles. The van der Waals surface area contributed by atoms with Gasteiger partial charge in [-0.2, -0.15) is 5.10 Å². The number of aromatic amines is 1. The van der Waals surface area contributed by atoms with Crippen molar-refractivity contribution in [1.82, 2.24) is 9.66 Å². The average molecular weight is 375 g/mol. The minimum atomic E-state index is 0.870. The summed E-state index contributed by atoms with van der Waals surface area (Å²) in [5.74, 6) is 0. The van der Waals surface area contributed by atoms with Gasteiger partial charge in [-0.1, -0.05) is 30.3 Å². The number of hydrogen-bond donors (Lipinski definition) is 1. The van der Waals surface area contributed by atoms with Crippen LogP contribution in [0.5, 0.6) is 0 Å². The van der Waals surface area contributed by atoms with E-state index in [4.69, 9.17) is 10.1 Å². The molecule has 0 aliphatic carbocycles. The molecule has 4 nitrogen and oxygen atoms in total. The van der Waals surface area contributed by atoms with E-state index in [-0.39, 0.29) is 0 Å². The zero-order valence-electron chi connectivity index (χ0n) is 15.9. The highest BCUT2D eigenvalue weighted by Crippen LogP contribution is 2.22. The molecular weight excluding hydrogens is 352 g/mol. The van der Waals surface area contributed by atoms with E-state index < -0.39 is 0 Å². The van der Waals surface area contributed by atoms with Crippen molar-refractivity contribution < 1.29 is 0 Å². The van der Waals surface area contributed by atoms with E-state index in [1.807, 2.05) is 23.0 Å². The second kappa shape index (κ2) is 7.00. The number of fused-ring (bicyclic) bond motifs is 1. The van der Waals surface area contributed by atoms with Gasteiger partial charge in [0.1, 0.15) is 0 Å². The van der Waals surface area contributed by atoms with Crippen molar-refractivity contribution in [3.63, 3.8) is 0 Å². The van der Waals surface area contributed by atoms with Crippen molar-refractivity contribution in [2.24, 2.45) is 10.1 Å². The molecule has 5 heteroatoms. The Morgan fingerprint density at radius 1 is 1.00 bits per heavy atom. The van der Waals surface area contributed by atoms with Crippen LogP contribution in [0.2, 0.25) is 0 Å². The molecule has 2 heterocycles. The van der Waals surface area contributed by atoms with Crippen LogP contribution in [0.15, 0.2) is 57.9 Å². The molecule has 136 valence electrons. The monoisotopic (exact) mass is 374 g/mol. The molecule has 27 heavy (non-hydrogen) atoms. The van der Waals surface area contributed by atoms with Crippen molar-refractivity contribution in [2.75, 3.05) is 0 Å². The summed E-state index contributed by atoms with van der Waals surface area (Å²) in [5.41, 5.74) is 7.86. The molecule has 2 aromatic carbocycles. The summed E-state index contributed by atoms with van der Waals surface area (Å²) >= 11 is 1.61. The van der Waals surface area contributed by atoms with Crippen LogP contribution in [0.25, 0.3) is 10.9 Å². The molecule has 0 radical (unpaired) electrons. The van der Waals surface area contributed by atoms with Crippen LogP contribution in [0.4, 0.5) is 5.69 Å². The zero-order valence-corrected chi connectivity index (χ0v) is 16.8. The van der Waals surface area contributed by atoms with Crippen LogP contribution in [-0.2, 0) is 0 Å². The molecule has 0 spiro atoms. The zero-order chi connectivity index (χ0) is 19.0. The number of nitrogens with one attached hydrogen (secondary N) is 1. The highest BCUT2D eigenvalue weighted by molar-refractivity contribution is 7.07. The third kappa shape index (κ3) is 3.26. The lowest BCUT2D eigenvalue weighted by Crippen LogP contribution is -2.11. The molecule has 0 amide bonds. The summed E-state index contributed by atoms with van der Waals surface area (Å²) < 4.78 is 1.91. The van der Waals surface area contributed by atoms with Crippen molar-refractivity contribution >= 4 is 34.1 Å². The number of benzene rings is 2. The molecule has 2 aromatic heterocycles. The van der Waals surface area contributed by atoms with Gasteiger partial charge in [-0.15, -0.1) is 11.3 Å². The Kier molecular flexibility index (Phi) is 4.54. The Hall–Kier alpha value is -2.92. The third-order valence-electron chi connectivity index (χ3n) is 4.89. The van der Waals surface area contributed by atoms with Crippen LogP contribution < -0.4 is 4.80 Å². The Labute approximate surface area is 162 Å². The molecule has 0 saturated carbocycles. The highest BCUT2D eigenvalue weighted by Gasteiger charge is 2.07. The quantitative estimate of drug-likeness (QED) is 0.468. The molecule has 4 aromatic rings. The highest BCUT2D eigenvalue weighted by atomic mass is 32.1. The first-order chi connectivity index (χ1) is 13.0. The van der Waals surface area contributed by atoms with Crippen LogP contribution in [0.1, 0.15) is 28.1 Å². The Morgan fingerprint density at radius 2 is 1.81 bits per heavy atom. The van der Waals surface area contributed by atoms with Gasteiger partial charge in [0.05, 0.1) is 17.6 Å². The van der Waals surface area contributed by atoms with E-state index in [0.29, 0.717) is 0 Å². The molecule has 0 aliphatic rings. The number of nitrogens with zero attached hydrogens (tertiary/aromatic N) is 3. The van der Waals surface area contributed by atoms with E-state index in [0.717, 1.165) is 33.0 Å². The predicted molar refractivity (Wildman–Crippen MR) is 114 cm³/mol. The number of hydrogen-bond acceptors (Lipinski definition) is 3. The van der Waals surface area contributed by atoms with E-state index in [9.17, 15) is 0 Å². The Morgan fingerprint density at radius 3 is 2.67 bits per heavy atom. The van der Waals surface area contributed by atoms with E-state index in [1.165, 1.54) is 16.5 Å². The maximum Gasteiger partial charge on any atom is 0.211 e. The van der Waals surface area contributed by atoms with Crippen LogP contribution >= 0.6 is 11.3 Å². The summed E-state index contributed by atoms with van der Waals surface area (Å²) in [4.78, 5) is 9.16. The van der Waals surface area contributed by atoms with Crippen molar-refractivity contribution in [1.29, 1.82) is 0 Å². The van der Waals surface area contributed by atoms with Crippen LogP contribution in [-0.4, -0.2) is 15.9 Å². The van der Waals surface area contributed by atoms with Crippen molar-refractivity contribution in [3.8, 4) is 0 Å². The fraction of sp³-hybridized carbons (Fsp3) is 0.182. The summed E-state index contributed by atoms with van der Waals surface area (Å²) in [7, 11) is 0. The van der Waals surface area contributed by atoms with Crippen LogP contribution in [0.3, 0.4) is 0 Å². The van der Waals surface area contributed by atoms with Crippen molar-refractivity contribution in [3.05, 3.63) is 80.7 Å². The molecule has 0 atom stereocenters. The summed E-state index contributed by atoms with van der Waals surface area (Å²) in [6, 6.07) is 14.5. The minimum absolute atomic E-state index is 0.870. The fourth-order valence-corrected chi connectivity index (χ4v) is 3.96. The lowest BCUT2D eigenvalue weighted by molar-refractivity contribution is 0.809. The summed E-state index contributed by atoms with van der Waals surface area (Å²) in [5, 5.41) is 8.02. The SMILES string of the molecule is Cc1cccc(N=c2scc(C)n2N=Cc2c(C)[nH]c3ccccc23)c1C. The lowest BCUT2D eigenvalue weighted by Gasteiger charge is -2.03. The van der Waals surface area contributed by atoms with Gasteiger partial charge in [-0.05, 0) is 51.0 Å². The summed E-state index contributed by atoms with van der Waals surface area (Å²) in [6.45, 7) is 8.35. The van der Waals surface area contributed by atoms with Gasteiger partial charge in [0, 0.05) is 27.5 Å². The number of thiazole rings is 1. The standard InChI is InChI=1S/C22H22N4S/c1-14-8-7-11-20(16(14)3)25-22-26(15(2)13-27-22)23-12-19-17(4)24-21-10-6-5-9-18(19)21/h5-13,24H,1-4H3. The first-order valence-electron chi connectivity index (χ1n) is 8.94. The van der Waals surface area contributed by atoms with Gasteiger partial charge in [-0.25, -0.2) is 9.67 Å². The Balaban J connectivity index is 1.81. The number of H-pyrrole nitrogens is 1. The minimum Gasteiger partial charge on any atom is -0.358 e. The maximum absolute atomic E-state index is 4.87. The first kappa shape index (κ1) is 17.5. The van der Waals surface area contributed by atoms with E-state index in [1.54, 1.807) is 11.3 Å². The van der Waals surface area contributed by atoms with E-state index in [2.05, 4.69) is 68.4 Å². The number of aromatic nitrogens is 2. The normalized spacial score (nSPS) is 12.5. The second-order valence-corrected chi connectivity index (χ2v) is 7.59. The van der Waals surface area contributed by atoms with Crippen LogP contribution in [0, 0.1) is 27.7 Å². The van der Waals surface area contributed by atoms with Gasteiger partial charge in [0.2, 0.25) is 4.80 Å². The van der Waals surface area contributed by atoms with Gasteiger partial charge in [-0.3, -0.25) is 0 Å². The van der Waals surface area contributed by atoms with E-state index >= 15 is 0 Å². The molecule has 4 rings (SSSR count). The molecular formula is C22H22N4S. The lowest BCUT2D eigenvalue weighted by atomic mass is 10.1. The largest absolute Gasteiger partial charge is 0.358 e. The smallest absolute Gasteiger partial charge is 0.211 e. The third-order valence-corrected chi connectivity index (χ3v) is 5.82.